The summed E-state index contributed by atoms with van der Waals surface area (Å²) in [6.45, 7) is 2.54. The summed E-state index contributed by atoms with van der Waals surface area (Å²) in [4.78, 5) is 25.7. The zero-order valence-corrected chi connectivity index (χ0v) is 16.5. The molecule has 0 unspecified atom stereocenters. The summed E-state index contributed by atoms with van der Waals surface area (Å²) in [5.41, 5.74) is 2.18. The highest BCUT2D eigenvalue weighted by Gasteiger charge is 2.33. The first kappa shape index (κ1) is 18.9. The number of aromatic nitrogens is 2. The number of carbonyl (C=O) groups is 1. The van der Waals surface area contributed by atoms with E-state index in [2.05, 4.69) is 9.97 Å². The monoisotopic (exact) mass is 370 g/mol. The predicted octanol–water partition coefficient (Wildman–Crippen LogP) is 2.85. The van der Waals surface area contributed by atoms with Crippen molar-refractivity contribution in [3.8, 4) is 11.5 Å². The molecule has 0 radical (unpaired) electrons. The van der Waals surface area contributed by atoms with Gasteiger partial charge >= 0.3 is 0 Å². The standard InChI is InChI=1S/C20H26N4O3/c1-13-16(12-21-20(22-13)23(2)3)19(25)24-10-6-7-17(24)15-11-14(26-4)8-9-18(15)27-5/h8-9,11-12,17H,6-7,10H2,1-5H3/t17-/m1/s1. The van der Waals surface area contributed by atoms with Crippen LogP contribution in [0.25, 0.3) is 0 Å². The fourth-order valence-electron chi connectivity index (χ4n) is 3.47. The molecule has 1 aromatic carbocycles. The Morgan fingerprint density at radius 3 is 2.67 bits per heavy atom. The minimum Gasteiger partial charge on any atom is -0.497 e. The normalized spacial score (nSPS) is 16.3. The molecule has 1 amide bonds. The Bertz CT molecular complexity index is 838. The lowest BCUT2D eigenvalue weighted by Gasteiger charge is -2.27. The van der Waals surface area contributed by atoms with Crippen LogP contribution in [0.2, 0.25) is 0 Å². The molecule has 7 nitrogen and oxygen atoms in total. The van der Waals surface area contributed by atoms with Gasteiger partial charge in [0.25, 0.3) is 5.91 Å². The van der Waals surface area contributed by atoms with Crippen molar-refractivity contribution in [1.29, 1.82) is 0 Å². The zero-order valence-electron chi connectivity index (χ0n) is 16.5. The van der Waals surface area contributed by atoms with Gasteiger partial charge in [-0.2, -0.15) is 0 Å². The molecular weight excluding hydrogens is 344 g/mol. The second-order valence-corrected chi connectivity index (χ2v) is 6.83. The molecule has 2 aromatic rings. The van der Waals surface area contributed by atoms with Crippen molar-refractivity contribution in [3.05, 3.63) is 41.2 Å². The van der Waals surface area contributed by atoms with E-state index < -0.39 is 0 Å². The first-order valence-electron chi connectivity index (χ1n) is 9.00. The van der Waals surface area contributed by atoms with Gasteiger partial charge in [0.05, 0.1) is 31.5 Å². The van der Waals surface area contributed by atoms with Crippen molar-refractivity contribution in [2.24, 2.45) is 0 Å². The third kappa shape index (κ3) is 3.67. The van der Waals surface area contributed by atoms with Gasteiger partial charge in [0.15, 0.2) is 0 Å². The number of nitrogens with zero attached hydrogens (tertiary/aromatic N) is 4. The number of benzene rings is 1. The van der Waals surface area contributed by atoms with E-state index in [1.165, 1.54) is 0 Å². The minimum atomic E-state index is -0.0597. The van der Waals surface area contributed by atoms with Crippen LogP contribution in [0.1, 0.15) is 40.5 Å². The molecule has 0 saturated carbocycles. The highest BCUT2D eigenvalue weighted by molar-refractivity contribution is 5.95. The number of carbonyl (C=O) groups excluding carboxylic acids is 1. The predicted molar refractivity (Wildman–Crippen MR) is 104 cm³/mol. The molecule has 1 saturated heterocycles. The van der Waals surface area contributed by atoms with Crippen molar-refractivity contribution in [1.82, 2.24) is 14.9 Å². The van der Waals surface area contributed by atoms with E-state index >= 15 is 0 Å². The van der Waals surface area contributed by atoms with E-state index in [1.807, 2.05) is 49.0 Å². The first-order chi connectivity index (χ1) is 13.0. The Kier molecular flexibility index (Phi) is 5.48. The molecule has 0 bridgehead atoms. The van der Waals surface area contributed by atoms with E-state index in [0.29, 0.717) is 23.8 Å². The van der Waals surface area contributed by atoms with Crippen LogP contribution in [-0.4, -0.2) is 55.6 Å². The van der Waals surface area contributed by atoms with Gasteiger partial charge in [-0.05, 0) is 38.0 Å². The van der Waals surface area contributed by atoms with Gasteiger partial charge in [-0.3, -0.25) is 4.79 Å². The van der Waals surface area contributed by atoms with Crippen molar-refractivity contribution >= 4 is 11.9 Å². The molecule has 7 heteroatoms. The Hall–Kier alpha value is -2.83. The number of hydrogen-bond acceptors (Lipinski definition) is 6. The maximum Gasteiger partial charge on any atom is 0.257 e. The van der Waals surface area contributed by atoms with Crippen molar-refractivity contribution in [3.63, 3.8) is 0 Å². The highest BCUT2D eigenvalue weighted by atomic mass is 16.5. The lowest BCUT2D eigenvalue weighted by atomic mass is 10.0. The Balaban J connectivity index is 1.94. The third-order valence-corrected chi connectivity index (χ3v) is 4.91. The molecule has 1 aliphatic heterocycles. The number of ether oxygens (including phenoxy) is 2. The van der Waals surface area contributed by atoms with Crippen molar-refractivity contribution in [2.45, 2.75) is 25.8 Å². The van der Waals surface area contributed by atoms with E-state index in [1.54, 1.807) is 20.4 Å². The Morgan fingerprint density at radius 1 is 1.26 bits per heavy atom. The van der Waals surface area contributed by atoms with Gasteiger partial charge in [-0.15, -0.1) is 0 Å². The summed E-state index contributed by atoms with van der Waals surface area (Å²) < 4.78 is 10.9. The molecule has 1 aromatic heterocycles. The van der Waals surface area contributed by atoms with E-state index in [4.69, 9.17) is 9.47 Å². The van der Waals surface area contributed by atoms with Crippen LogP contribution < -0.4 is 14.4 Å². The summed E-state index contributed by atoms with van der Waals surface area (Å²) in [5.74, 6) is 2.05. The second-order valence-electron chi connectivity index (χ2n) is 6.83. The molecule has 1 fully saturated rings. The molecule has 0 N–H and O–H groups in total. The minimum absolute atomic E-state index is 0.0508. The first-order valence-corrected chi connectivity index (χ1v) is 9.00. The van der Waals surface area contributed by atoms with Gasteiger partial charge in [-0.25, -0.2) is 9.97 Å². The number of anilines is 1. The van der Waals surface area contributed by atoms with Gasteiger partial charge in [0, 0.05) is 32.4 Å². The lowest BCUT2D eigenvalue weighted by molar-refractivity contribution is 0.0732. The Morgan fingerprint density at radius 2 is 2.04 bits per heavy atom. The summed E-state index contributed by atoms with van der Waals surface area (Å²) >= 11 is 0. The molecule has 0 spiro atoms. The van der Waals surface area contributed by atoms with Gasteiger partial charge in [-0.1, -0.05) is 0 Å². The SMILES string of the molecule is COc1ccc(OC)c([C@H]2CCCN2C(=O)c2cnc(N(C)C)nc2C)c1. The number of methoxy groups -OCH3 is 2. The average Bonchev–Trinajstić information content (AvgIpc) is 3.16. The molecule has 3 rings (SSSR count). The fraction of sp³-hybridized carbons (Fsp3) is 0.450. The molecule has 144 valence electrons. The van der Waals surface area contributed by atoms with E-state index in [0.717, 1.165) is 29.9 Å². The topological polar surface area (TPSA) is 67.8 Å². The fourth-order valence-corrected chi connectivity index (χ4v) is 3.47. The summed E-state index contributed by atoms with van der Waals surface area (Å²) in [7, 11) is 7.03. The molecular formula is C20H26N4O3. The van der Waals surface area contributed by atoms with E-state index in [-0.39, 0.29) is 11.9 Å². The van der Waals surface area contributed by atoms with Crippen molar-refractivity contribution < 1.29 is 14.3 Å². The summed E-state index contributed by atoms with van der Waals surface area (Å²) in [6.07, 6.45) is 3.44. The van der Waals surface area contributed by atoms with Crippen LogP contribution in [0.5, 0.6) is 11.5 Å². The molecule has 1 atom stereocenters. The smallest absolute Gasteiger partial charge is 0.257 e. The van der Waals surface area contributed by atoms with Gasteiger partial charge in [0.2, 0.25) is 5.95 Å². The Labute approximate surface area is 159 Å². The maximum absolute atomic E-state index is 13.2. The zero-order chi connectivity index (χ0) is 19.6. The van der Waals surface area contributed by atoms with Crippen LogP contribution in [0.3, 0.4) is 0 Å². The maximum atomic E-state index is 13.2. The van der Waals surface area contributed by atoms with E-state index in [9.17, 15) is 4.79 Å². The van der Waals surface area contributed by atoms with Crippen LogP contribution in [0.4, 0.5) is 5.95 Å². The molecule has 0 aliphatic carbocycles. The molecule has 2 heterocycles. The summed E-state index contributed by atoms with van der Waals surface area (Å²) in [6, 6.07) is 5.64. The number of aryl methyl sites for hydroxylation is 1. The quantitative estimate of drug-likeness (QED) is 0.806. The van der Waals surface area contributed by atoms with Gasteiger partial charge in [0.1, 0.15) is 11.5 Å². The number of likely N-dealkylation sites (tertiary alicyclic amines) is 1. The largest absolute Gasteiger partial charge is 0.497 e. The number of hydrogen-bond donors (Lipinski definition) is 0. The van der Waals surface area contributed by atoms with Crippen molar-refractivity contribution in [2.75, 3.05) is 39.8 Å². The molecule has 27 heavy (non-hydrogen) atoms. The summed E-state index contributed by atoms with van der Waals surface area (Å²) in [5, 5.41) is 0. The number of amides is 1. The molecule has 1 aliphatic rings. The second kappa shape index (κ2) is 7.82. The highest BCUT2D eigenvalue weighted by Crippen LogP contribution is 2.39. The number of rotatable bonds is 5. The average molecular weight is 370 g/mol. The van der Waals surface area contributed by atoms with Crippen LogP contribution in [-0.2, 0) is 0 Å². The van der Waals surface area contributed by atoms with Crippen LogP contribution in [0, 0.1) is 6.92 Å². The lowest BCUT2D eigenvalue weighted by Crippen LogP contribution is -2.31. The van der Waals surface area contributed by atoms with Crippen LogP contribution >= 0.6 is 0 Å². The third-order valence-electron chi connectivity index (χ3n) is 4.91. The van der Waals surface area contributed by atoms with Crippen LogP contribution in [0.15, 0.2) is 24.4 Å². The van der Waals surface area contributed by atoms with Gasteiger partial charge < -0.3 is 19.3 Å².